The number of benzene rings is 1. The van der Waals surface area contributed by atoms with Gasteiger partial charge in [-0.3, -0.25) is 0 Å². The highest BCUT2D eigenvalue weighted by molar-refractivity contribution is 5.22. The van der Waals surface area contributed by atoms with Crippen LogP contribution in [0.2, 0.25) is 0 Å². The molecule has 1 nitrogen and oxygen atoms in total. The molecule has 0 aliphatic heterocycles. The van der Waals surface area contributed by atoms with Gasteiger partial charge in [0.2, 0.25) is 0 Å². The molecule has 1 heteroatoms. The van der Waals surface area contributed by atoms with Gasteiger partial charge in [0.05, 0.1) is 20.6 Å². The zero-order valence-corrected chi connectivity index (χ0v) is 20.5. The molecule has 0 heterocycles. The highest BCUT2D eigenvalue weighted by atomic mass is 15.3. The molecule has 0 N–H and O–H groups in total. The van der Waals surface area contributed by atoms with E-state index in [0.717, 1.165) is 11.0 Å². The van der Waals surface area contributed by atoms with Gasteiger partial charge in [-0.2, -0.15) is 0 Å². The molecule has 0 aromatic heterocycles. The summed E-state index contributed by atoms with van der Waals surface area (Å²) in [5.74, 6) is 0. The maximum Gasteiger partial charge on any atom is 0.104 e. The van der Waals surface area contributed by atoms with Crippen LogP contribution in [0, 0.1) is 0 Å². The Balaban J connectivity index is 2.05. The number of nitrogens with zero attached hydrogens (tertiary/aromatic N) is 1. The number of unbranched alkanes of at least 4 members (excludes halogenated alkanes) is 13. The second-order valence-electron chi connectivity index (χ2n) is 9.98. The molecule has 0 fully saturated rings. The lowest BCUT2D eigenvalue weighted by Crippen LogP contribution is -2.39. The van der Waals surface area contributed by atoms with Crippen molar-refractivity contribution in [3.63, 3.8) is 0 Å². The lowest BCUT2D eigenvalue weighted by atomic mass is 10.0. The van der Waals surface area contributed by atoms with E-state index in [4.69, 9.17) is 0 Å². The first kappa shape index (κ1) is 26.2. The number of quaternary nitrogens is 1. The zero-order chi connectivity index (χ0) is 21.2. The summed E-state index contributed by atoms with van der Waals surface area (Å²) in [4.78, 5) is 0. The zero-order valence-electron chi connectivity index (χ0n) is 20.5. The van der Waals surface area contributed by atoms with Gasteiger partial charge in [0.15, 0.2) is 0 Å². The SMILES string of the molecule is CCCCCCCCCCCCCC[N+](C)(C)Cc1ccc(CCCCC)cc1. The summed E-state index contributed by atoms with van der Waals surface area (Å²) in [6.45, 7) is 7.04. The standard InChI is InChI=1S/C28H52N/c1-5-7-9-10-11-12-13-14-15-16-17-19-25-29(3,4)26-28-23-21-27(22-24-28)20-18-8-6-2/h21-24H,5-20,25-26H2,1-4H3/q+1. The van der Waals surface area contributed by atoms with Gasteiger partial charge in [0.25, 0.3) is 0 Å². The van der Waals surface area contributed by atoms with Crippen LogP contribution in [-0.2, 0) is 13.0 Å². The molecule has 0 aliphatic carbocycles. The molecule has 0 bridgehead atoms. The molecule has 0 unspecified atom stereocenters. The third kappa shape index (κ3) is 14.8. The van der Waals surface area contributed by atoms with Gasteiger partial charge in [-0.15, -0.1) is 0 Å². The van der Waals surface area contributed by atoms with Crippen molar-refractivity contribution in [1.82, 2.24) is 0 Å². The first-order chi connectivity index (χ1) is 14.1. The van der Waals surface area contributed by atoms with Crippen LogP contribution >= 0.6 is 0 Å². The van der Waals surface area contributed by atoms with E-state index in [-0.39, 0.29) is 0 Å². The predicted molar refractivity (Wildman–Crippen MR) is 131 cm³/mol. The molecule has 0 saturated heterocycles. The largest absolute Gasteiger partial charge is 0.325 e. The molecule has 0 spiro atoms. The van der Waals surface area contributed by atoms with Crippen LogP contribution in [0.3, 0.4) is 0 Å². The van der Waals surface area contributed by atoms with Gasteiger partial charge < -0.3 is 4.48 Å². The Morgan fingerprint density at radius 1 is 0.517 bits per heavy atom. The van der Waals surface area contributed by atoms with Gasteiger partial charge in [-0.25, -0.2) is 0 Å². The van der Waals surface area contributed by atoms with E-state index in [1.807, 2.05) is 0 Å². The molecular weight excluding hydrogens is 350 g/mol. The average Bonchev–Trinajstić information content (AvgIpc) is 2.70. The molecule has 29 heavy (non-hydrogen) atoms. The van der Waals surface area contributed by atoms with Crippen molar-refractivity contribution in [1.29, 1.82) is 0 Å². The van der Waals surface area contributed by atoms with E-state index < -0.39 is 0 Å². The topological polar surface area (TPSA) is 0 Å². The van der Waals surface area contributed by atoms with E-state index in [0.29, 0.717) is 0 Å². The summed E-state index contributed by atoms with van der Waals surface area (Å²) in [7, 11) is 4.79. The molecule has 0 aliphatic rings. The lowest BCUT2D eigenvalue weighted by Gasteiger charge is -2.30. The van der Waals surface area contributed by atoms with Crippen molar-refractivity contribution in [3.8, 4) is 0 Å². The quantitative estimate of drug-likeness (QED) is 0.160. The summed E-state index contributed by atoms with van der Waals surface area (Å²) in [6.07, 6.45) is 22.4. The first-order valence-corrected chi connectivity index (χ1v) is 13.0. The highest BCUT2D eigenvalue weighted by Gasteiger charge is 2.15. The Bertz CT molecular complexity index is 474. The van der Waals surface area contributed by atoms with Gasteiger partial charge in [0, 0.05) is 5.56 Å². The van der Waals surface area contributed by atoms with Gasteiger partial charge >= 0.3 is 0 Å². The summed E-state index contributed by atoms with van der Waals surface area (Å²) in [6, 6.07) is 9.44. The van der Waals surface area contributed by atoms with E-state index in [2.05, 4.69) is 52.2 Å². The molecule has 168 valence electrons. The van der Waals surface area contributed by atoms with Crippen LogP contribution in [0.5, 0.6) is 0 Å². The second kappa shape index (κ2) is 16.9. The van der Waals surface area contributed by atoms with Gasteiger partial charge in [0.1, 0.15) is 6.54 Å². The third-order valence-corrected chi connectivity index (χ3v) is 6.32. The van der Waals surface area contributed by atoms with Gasteiger partial charge in [-0.05, 0) is 31.2 Å². The molecular formula is C28H52N+. The number of rotatable bonds is 19. The summed E-state index contributed by atoms with van der Waals surface area (Å²) in [5.41, 5.74) is 3.00. The minimum atomic E-state index is 1.12. The fraction of sp³-hybridized carbons (Fsp3) is 0.786. The normalized spacial score (nSPS) is 11.9. The molecule has 0 saturated carbocycles. The average molecular weight is 403 g/mol. The summed E-state index contributed by atoms with van der Waals surface area (Å²) >= 11 is 0. The summed E-state index contributed by atoms with van der Waals surface area (Å²) in [5, 5.41) is 0. The van der Waals surface area contributed by atoms with Crippen LogP contribution < -0.4 is 0 Å². The van der Waals surface area contributed by atoms with Crippen molar-refractivity contribution in [2.75, 3.05) is 20.6 Å². The number of aryl methyl sites for hydroxylation is 1. The second-order valence-corrected chi connectivity index (χ2v) is 9.98. The van der Waals surface area contributed by atoms with E-state index in [9.17, 15) is 0 Å². The van der Waals surface area contributed by atoms with Crippen LogP contribution in [-0.4, -0.2) is 25.1 Å². The lowest BCUT2D eigenvalue weighted by molar-refractivity contribution is -0.903. The maximum atomic E-state index is 2.40. The van der Waals surface area contributed by atoms with Crippen molar-refractivity contribution in [3.05, 3.63) is 35.4 Å². The van der Waals surface area contributed by atoms with Crippen LogP contribution in [0.15, 0.2) is 24.3 Å². The minimum Gasteiger partial charge on any atom is -0.325 e. The van der Waals surface area contributed by atoms with Crippen LogP contribution in [0.1, 0.15) is 121 Å². The fourth-order valence-corrected chi connectivity index (χ4v) is 4.34. The number of hydrogen-bond acceptors (Lipinski definition) is 0. The Labute approximate surface area is 183 Å². The third-order valence-electron chi connectivity index (χ3n) is 6.32. The Morgan fingerprint density at radius 3 is 1.45 bits per heavy atom. The molecule has 0 atom stereocenters. The smallest absolute Gasteiger partial charge is 0.104 e. The molecule has 0 radical (unpaired) electrons. The van der Waals surface area contributed by atoms with Crippen LogP contribution in [0.4, 0.5) is 0 Å². The molecule has 1 aromatic carbocycles. The van der Waals surface area contributed by atoms with Crippen molar-refractivity contribution >= 4 is 0 Å². The monoisotopic (exact) mass is 402 g/mol. The summed E-state index contributed by atoms with van der Waals surface area (Å²) < 4.78 is 1.12. The highest BCUT2D eigenvalue weighted by Crippen LogP contribution is 2.16. The van der Waals surface area contributed by atoms with Crippen molar-refractivity contribution < 1.29 is 4.48 Å². The van der Waals surface area contributed by atoms with Crippen molar-refractivity contribution in [2.45, 2.75) is 123 Å². The predicted octanol–water partition coefficient (Wildman–Crippen LogP) is 8.70. The molecule has 0 amide bonds. The van der Waals surface area contributed by atoms with Crippen LogP contribution in [0.25, 0.3) is 0 Å². The van der Waals surface area contributed by atoms with Crippen molar-refractivity contribution in [2.24, 2.45) is 0 Å². The van der Waals surface area contributed by atoms with E-state index in [1.165, 1.54) is 120 Å². The Kier molecular flexibility index (Phi) is 15.3. The van der Waals surface area contributed by atoms with Gasteiger partial charge in [-0.1, -0.05) is 115 Å². The molecule has 1 aromatic rings. The number of hydrogen-bond donors (Lipinski definition) is 0. The van der Waals surface area contributed by atoms with E-state index >= 15 is 0 Å². The Morgan fingerprint density at radius 2 is 0.931 bits per heavy atom. The Hall–Kier alpha value is -0.820. The minimum absolute atomic E-state index is 1.12. The molecule has 1 rings (SSSR count). The fourth-order valence-electron chi connectivity index (χ4n) is 4.34. The van der Waals surface area contributed by atoms with E-state index in [1.54, 1.807) is 0 Å². The maximum absolute atomic E-state index is 2.40. The first-order valence-electron chi connectivity index (χ1n) is 13.0.